The molecule has 4 rings (SSSR count). The fourth-order valence-electron chi connectivity index (χ4n) is 3.15. The van der Waals surface area contributed by atoms with Crippen molar-refractivity contribution in [2.75, 3.05) is 6.54 Å². The lowest BCUT2D eigenvalue weighted by Crippen LogP contribution is -2.16. The van der Waals surface area contributed by atoms with Crippen LogP contribution in [0, 0.1) is 6.92 Å². The first kappa shape index (κ1) is 19.6. The van der Waals surface area contributed by atoms with Gasteiger partial charge in [0.05, 0.1) is 6.54 Å². The normalized spacial score (nSPS) is 10.9. The quantitative estimate of drug-likeness (QED) is 0.381. The lowest BCUT2D eigenvalue weighted by atomic mass is 10.1. The molecule has 2 aromatic heterocycles. The standard InChI is InChI=1S/C22H21ClN2O.ClH/c1-15-6-7-16(12-20(15)23)22-9-8-18(26-22)14-24-11-10-17-13-25-21-5-3-2-4-19(17)21;/h2-9,12-13,24-25H,10-11,14H2,1H3;1H. The van der Waals surface area contributed by atoms with Gasteiger partial charge in [-0.15, -0.1) is 12.4 Å². The van der Waals surface area contributed by atoms with Crippen LogP contribution < -0.4 is 5.32 Å². The van der Waals surface area contributed by atoms with Crippen molar-refractivity contribution in [3.63, 3.8) is 0 Å². The topological polar surface area (TPSA) is 41.0 Å². The maximum Gasteiger partial charge on any atom is 0.134 e. The summed E-state index contributed by atoms with van der Waals surface area (Å²) in [6.45, 7) is 3.60. The molecule has 4 aromatic rings. The number of aryl methyl sites for hydroxylation is 1. The SMILES string of the molecule is Cc1ccc(-c2ccc(CNCCc3c[nH]c4ccccc34)o2)cc1Cl.Cl. The third kappa shape index (κ3) is 4.38. The smallest absolute Gasteiger partial charge is 0.134 e. The summed E-state index contributed by atoms with van der Waals surface area (Å²) < 4.78 is 5.94. The van der Waals surface area contributed by atoms with E-state index < -0.39 is 0 Å². The molecular weight excluding hydrogens is 379 g/mol. The Labute approximate surface area is 170 Å². The molecule has 0 unspecified atom stereocenters. The number of hydrogen-bond donors (Lipinski definition) is 2. The number of aromatic amines is 1. The van der Waals surface area contributed by atoms with Gasteiger partial charge in [0.15, 0.2) is 0 Å². The van der Waals surface area contributed by atoms with Gasteiger partial charge in [-0.05, 0) is 55.3 Å². The summed E-state index contributed by atoms with van der Waals surface area (Å²) in [5.41, 5.74) is 4.60. The van der Waals surface area contributed by atoms with Crippen LogP contribution in [0.4, 0.5) is 0 Å². The molecule has 2 N–H and O–H groups in total. The number of H-pyrrole nitrogens is 1. The fraction of sp³-hybridized carbons (Fsp3) is 0.182. The van der Waals surface area contributed by atoms with E-state index in [2.05, 4.69) is 40.8 Å². The second kappa shape index (κ2) is 8.66. The Balaban J connectivity index is 0.00000210. The monoisotopic (exact) mass is 400 g/mol. The van der Waals surface area contributed by atoms with Crippen LogP contribution in [0.15, 0.2) is 65.2 Å². The molecule has 3 nitrogen and oxygen atoms in total. The van der Waals surface area contributed by atoms with Crippen LogP contribution in [0.2, 0.25) is 5.02 Å². The molecule has 2 heterocycles. The Hall–Kier alpha value is -2.20. The highest BCUT2D eigenvalue weighted by Gasteiger charge is 2.07. The number of benzene rings is 2. The highest BCUT2D eigenvalue weighted by Crippen LogP contribution is 2.27. The molecule has 0 saturated heterocycles. The van der Waals surface area contributed by atoms with Crippen LogP contribution >= 0.6 is 24.0 Å². The number of rotatable bonds is 6. The summed E-state index contributed by atoms with van der Waals surface area (Å²) in [6, 6.07) is 18.4. The predicted molar refractivity (Wildman–Crippen MR) is 115 cm³/mol. The van der Waals surface area contributed by atoms with Crippen molar-refractivity contribution in [3.8, 4) is 11.3 Å². The van der Waals surface area contributed by atoms with Gasteiger partial charge in [0.1, 0.15) is 11.5 Å². The second-order valence-electron chi connectivity index (χ2n) is 6.52. The minimum atomic E-state index is 0. The van der Waals surface area contributed by atoms with Gasteiger partial charge in [-0.2, -0.15) is 0 Å². The van der Waals surface area contributed by atoms with Crippen LogP contribution in [0.5, 0.6) is 0 Å². The van der Waals surface area contributed by atoms with Crippen molar-refractivity contribution in [2.24, 2.45) is 0 Å². The summed E-state index contributed by atoms with van der Waals surface area (Å²) in [4.78, 5) is 3.32. The molecule has 140 valence electrons. The van der Waals surface area contributed by atoms with Crippen LogP contribution in [0.3, 0.4) is 0 Å². The van der Waals surface area contributed by atoms with Crippen molar-refractivity contribution in [1.82, 2.24) is 10.3 Å². The van der Waals surface area contributed by atoms with E-state index in [1.165, 1.54) is 16.5 Å². The van der Waals surface area contributed by atoms with E-state index >= 15 is 0 Å². The number of para-hydroxylation sites is 1. The van der Waals surface area contributed by atoms with E-state index in [9.17, 15) is 0 Å². The van der Waals surface area contributed by atoms with Crippen LogP contribution in [0.1, 0.15) is 16.9 Å². The molecule has 0 saturated carbocycles. The van der Waals surface area contributed by atoms with Gasteiger partial charge in [0.25, 0.3) is 0 Å². The van der Waals surface area contributed by atoms with Gasteiger partial charge < -0.3 is 14.7 Å². The van der Waals surface area contributed by atoms with E-state index in [-0.39, 0.29) is 12.4 Å². The molecule has 0 aliphatic carbocycles. The summed E-state index contributed by atoms with van der Waals surface area (Å²) in [5.74, 6) is 1.77. The largest absolute Gasteiger partial charge is 0.460 e. The lowest BCUT2D eigenvalue weighted by molar-refractivity contribution is 0.495. The van der Waals surface area contributed by atoms with E-state index in [4.69, 9.17) is 16.0 Å². The van der Waals surface area contributed by atoms with Crippen molar-refractivity contribution < 1.29 is 4.42 Å². The van der Waals surface area contributed by atoms with Crippen molar-refractivity contribution in [2.45, 2.75) is 19.9 Å². The van der Waals surface area contributed by atoms with Gasteiger partial charge >= 0.3 is 0 Å². The van der Waals surface area contributed by atoms with Gasteiger partial charge in [-0.1, -0.05) is 41.9 Å². The first-order chi connectivity index (χ1) is 12.7. The van der Waals surface area contributed by atoms with Gasteiger partial charge in [0.2, 0.25) is 0 Å². The summed E-state index contributed by atoms with van der Waals surface area (Å²) in [7, 11) is 0. The zero-order valence-corrected chi connectivity index (χ0v) is 16.7. The number of aromatic nitrogens is 1. The zero-order chi connectivity index (χ0) is 17.9. The molecule has 0 atom stereocenters. The molecule has 0 bridgehead atoms. The van der Waals surface area contributed by atoms with Crippen LogP contribution in [0.25, 0.3) is 22.2 Å². The van der Waals surface area contributed by atoms with E-state index in [0.717, 1.165) is 40.6 Å². The highest BCUT2D eigenvalue weighted by atomic mass is 35.5. The van der Waals surface area contributed by atoms with Crippen molar-refractivity contribution >= 4 is 34.9 Å². The van der Waals surface area contributed by atoms with E-state index in [1.807, 2.05) is 37.3 Å². The van der Waals surface area contributed by atoms with Crippen LogP contribution in [-0.4, -0.2) is 11.5 Å². The Kier molecular flexibility index (Phi) is 6.27. The fourth-order valence-corrected chi connectivity index (χ4v) is 3.33. The van der Waals surface area contributed by atoms with E-state index in [1.54, 1.807) is 0 Å². The average molecular weight is 401 g/mol. The third-order valence-corrected chi connectivity index (χ3v) is 5.07. The minimum Gasteiger partial charge on any atom is -0.460 e. The Morgan fingerprint density at radius 2 is 1.93 bits per heavy atom. The molecule has 0 aliphatic rings. The Morgan fingerprint density at radius 3 is 2.78 bits per heavy atom. The summed E-state index contributed by atoms with van der Waals surface area (Å²) in [6.07, 6.45) is 3.07. The van der Waals surface area contributed by atoms with Crippen molar-refractivity contribution in [1.29, 1.82) is 0 Å². The first-order valence-corrected chi connectivity index (χ1v) is 9.19. The van der Waals surface area contributed by atoms with Gasteiger partial charge in [-0.25, -0.2) is 0 Å². The Bertz CT molecular complexity index is 1040. The molecule has 0 spiro atoms. The highest BCUT2D eigenvalue weighted by molar-refractivity contribution is 6.31. The van der Waals surface area contributed by atoms with Crippen molar-refractivity contribution in [3.05, 3.63) is 82.7 Å². The minimum absolute atomic E-state index is 0. The molecule has 0 fully saturated rings. The van der Waals surface area contributed by atoms with E-state index in [0.29, 0.717) is 6.54 Å². The molecule has 0 amide bonds. The second-order valence-corrected chi connectivity index (χ2v) is 6.92. The number of hydrogen-bond acceptors (Lipinski definition) is 2. The molecule has 0 aliphatic heterocycles. The molecule has 5 heteroatoms. The van der Waals surface area contributed by atoms with Gasteiger partial charge in [0, 0.05) is 27.7 Å². The number of halogens is 2. The molecular formula is C22H22Cl2N2O. The number of fused-ring (bicyclic) bond motifs is 1. The maximum atomic E-state index is 6.21. The summed E-state index contributed by atoms with van der Waals surface area (Å²) >= 11 is 6.21. The summed E-state index contributed by atoms with van der Waals surface area (Å²) in [5, 5.41) is 5.51. The third-order valence-electron chi connectivity index (χ3n) is 4.66. The maximum absolute atomic E-state index is 6.21. The first-order valence-electron chi connectivity index (χ1n) is 8.81. The zero-order valence-electron chi connectivity index (χ0n) is 15.1. The average Bonchev–Trinajstić information content (AvgIpc) is 3.28. The van der Waals surface area contributed by atoms with Crippen LogP contribution in [-0.2, 0) is 13.0 Å². The molecule has 2 aromatic carbocycles. The molecule has 0 radical (unpaired) electrons. The number of nitrogens with one attached hydrogen (secondary N) is 2. The van der Waals surface area contributed by atoms with Gasteiger partial charge in [-0.3, -0.25) is 0 Å². The number of furan rings is 1. The Morgan fingerprint density at radius 1 is 1.07 bits per heavy atom. The predicted octanol–water partition coefficient (Wildman–Crippen LogP) is 6.14. The molecule has 27 heavy (non-hydrogen) atoms. The lowest BCUT2D eigenvalue weighted by Gasteiger charge is -2.03.